The number of ether oxygens (including phenoxy) is 1. The minimum absolute atomic E-state index is 0.384. The van der Waals surface area contributed by atoms with Gasteiger partial charge in [0.15, 0.2) is 6.61 Å². The Kier molecular flexibility index (Phi) is 6.57. The van der Waals surface area contributed by atoms with E-state index < -0.39 is 0 Å². The molecule has 0 aliphatic rings. The summed E-state index contributed by atoms with van der Waals surface area (Å²) >= 11 is 3.36. The third-order valence-corrected chi connectivity index (χ3v) is 2.58. The second-order valence-electron chi connectivity index (χ2n) is 4.32. The van der Waals surface area contributed by atoms with Crippen molar-refractivity contribution in [1.82, 2.24) is 0 Å². The fraction of sp³-hybridized carbons (Fsp3) is 0.462. The quantitative estimate of drug-likeness (QED) is 0.364. The number of halogens is 1. The first-order valence-electron chi connectivity index (χ1n) is 5.90. The lowest BCUT2D eigenvalue weighted by Crippen LogP contribution is -2.15. The van der Waals surface area contributed by atoms with E-state index in [1.807, 2.05) is 24.3 Å². The first-order chi connectivity index (χ1) is 8.58. The number of hydrogen-bond acceptors (Lipinski definition) is 3. The Morgan fingerprint density at radius 2 is 1.94 bits per heavy atom. The fourth-order valence-electron chi connectivity index (χ4n) is 1.31. The lowest BCUT2D eigenvalue weighted by Gasteiger charge is -2.06. The van der Waals surface area contributed by atoms with Crippen LogP contribution in [-0.4, -0.2) is 19.0 Å². The summed E-state index contributed by atoms with van der Waals surface area (Å²) in [6, 6.07) is 7.63. The van der Waals surface area contributed by atoms with Gasteiger partial charge in [-0.25, -0.2) is 0 Å². The van der Waals surface area contributed by atoms with Gasteiger partial charge in [0, 0.05) is 10.9 Å². The van der Waals surface area contributed by atoms with Crippen molar-refractivity contribution in [3.63, 3.8) is 0 Å². The second-order valence-corrected chi connectivity index (χ2v) is 5.23. The van der Waals surface area contributed by atoms with Crippen molar-refractivity contribution in [2.75, 3.05) is 13.2 Å². The molecule has 1 aromatic rings. The van der Waals surface area contributed by atoms with Crippen LogP contribution in [-0.2, 0) is 4.84 Å². The predicted molar refractivity (Wildman–Crippen MR) is 76.7 cm³/mol. The van der Waals surface area contributed by atoms with Gasteiger partial charge in [-0.05, 0) is 30.2 Å². The average Bonchev–Trinajstić information content (AvgIpc) is 2.30. The summed E-state index contributed by atoms with van der Waals surface area (Å²) in [7, 11) is 0. The minimum Gasteiger partial charge on any atom is -0.490 e. The number of oxime groups is 1. The maximum atomic E-state index is 5.66. The summed E-state index contributed by atoms with van der Waals surface area (Å²) in [5.41, 5.74) is 5.66. The number of hydrogen-bond donors (Lipinski definition) is 1. The van der Waals surface area contributed by atoms with Gasteiger partial charge in [0.25, 0.3) is 0 Å². The number of rotatable bonds is 7. The van der Waals surface area contributed by atoms with E-state index in [0.29, 0.717) is 25.0 Å². The molecule has 1 aromatic carbocycles. The van der Waals surface area contributed by atoms with Crippen LogP contribution in [0.4, 0.5) is 0 Å². The Balaban J connectivity index is 2.17. The molecule has 0 unspecified atom stereocenters. The van der Waals surface area contributed by atoms with E-state index >= 15 is 0 Å². The van der Waals surface area contributed by atoms with Gasteiger partial charge in [0.2, 0.25) is 0 Å². The van der Waals surface area contributed by atoms with Gasteiger partial charge in [0.1, 0.15) is 18.2 Å². The van der Waals surface area contributed by atoms with Crippen molar-refractivity contribution in [3.05, 3.63) is 28.7 Å². The monoisotopic (exact) mass is 314 g/mol. The Labute approximate surface area is 116 Å². The zero-order chi connectivity index (χ0) is 13.4. The molecule has 0 saturated heterocycles. The van der Waals surface area contributed by atoms with Crippen molar-refractivity contribution in [3.8, 4) is 5.75 Å². The lowest BCUT2D eigenvalue weighted by molar-refractivity contribution is 0.106. The molecule has 0 radical (unpaired) electrons. The van der Waals surface area contributed by atoms with Gasteiger partial charge in [-0.3, -0.25) is 0 Å². The van der Waals surface area contributed by atoms with Crippen molar-refractivity contribution >= 4 is 21.8 Å². The molecular weight excluding hydrogens is 296 g/mol. The molecule has 0 saturated carbocycles. The Hall–Kier alpha value is -1.23. The molecular formula is C13H19BrN2O2. The molecule has 0 amide bonds. The van der Waals surface area contributed by atoms with Crippen molar-refractivity contribution in [1.29, 1.82) is 0 Å². The van der Waals surface area contributed by atoms with Crippen LogP contribution in [0, 0.1) is 5.92 Å². The van der Waals surface area contributed by atoms with E-state index in [0.717, 1.165) is 16.6 Å². The van der Waals surface area contributed by atoms with Gasteiger partial charge in [0.05, 0.1) is 0 Å². The Morgan fingerprint density at radius 3 is 2.56 bits per heavy atom. The molecule has 0 heterocycles. The molecule has 0 spiro atoms. The molecule has 0 bridgehead atoms. The fourth-order valence-corrected chi connectivity index (χ4v) is 1.58. The van der Waals surface area contributed by atoms with Crippen LogP contribution >= 0.6 is 15.9 Å². The highest BCUT2D eigenvalue weighted by Gasteiger charge is 1.98. The molecule has 0 aliphatic carbocycles. The summed E-state index contributed by atoms with van der Waals surface area (Å²) in [6.45, 7) is 4.99. The smallest absolute Gasteiger partial charge is 0.151 e. The van der Waals surface area contributed by atoms with Crippen LogP contribution < -0.4 is 10.5 Å². The van der Waals surface area contributed by atoms with Gasteiger partial charge in [-0.15, -0.1) is 0 Å². The molecule has 2 N–H and O–H groups in total. The van der Waals surface area contributed by atoms with E-state index in [1.165, 1.54) is 0 Å². The van der Waals surface area contributed by atoms with E-state index in [4.69, 9.17) is 15.3 Å². The predicted octanol–water partition coefficient (Wildman–Crippen LogP) is 3.16. The lowest BCUT2D eigenvalue weighted by atomic mass is 10.1. The highest BCUT2D eigenvalue weighted by atomic mass is 79.9. The second kappa shape index (κ2) is 7.97. The first-order valence-corrected chi connectivity index (χ1v) is 6.70. The van der Waals surface area contributed by atoms with Crippen LogP contribution in [0.1, 0.15) is 20.3 Å². The molecule has 0 fully saturated rings. The van der Waals surface area contributed by atoms with E-state index in [-0.39, 0.29) is 0 Å². The Bertz CT molecular complexity index is 377. The van der Waals surface area contributed by atoms with Crippen molar-refractivity contribution < 1.29 is 9.57 Å². The van der Waals surface area contributed by atoms with Crippen LogP contribution in [0.5, 0.6) is 5.75 Å². The normalized spacial score (nSPS) is 11.7. The van der Waals surface area contributed by atoms with Crippen LogP contribution in [0.15, 0.2) is 33.9 Å². The SMILES string of the molecule is CC(C)C/C(N)=N/OCCOc1ccc(Br)cc1. The number of amidine groups is 1. The van der Waals surface area contributed by atoms with Gasteiger partial charge in [-0.1, -0.05) is 34.9 Å². The standard InChI is InChI=1S/C13H19BrN2O2/c1-10(2)9-13(15)16-18-8-7-17-12-5-3-11(14)4-6-12/h3-6,10H,7-9H2,1-2H3,(H2,15,16). The van der Waals surface area contributed by atoms with Crippen molar-refractivity contribution in [2.45, 2.75) is 20.3 Å². The largest absolute Gasteiger partial charge is 0.490 e. The highest BCUT2D eigenvalue weighted by molar-refractivity contribution is 9.10. The van der Waals surface area contributed by atoms with Gasteiger partial charge in [-0.2, -0.15) is 0 Å². The molecule has 4 nitrogen and oxygen atoms in total. The average molecular weight is 315 g/mol. The van der Waals surface area contributed by atoms with Crippen LogP contribution in [0.2, 0.25) is 0 Å². The molecule has 1 rings (SSSR count). The summed E-state index contributed by atoms with van der Waals surface area (Å²) in [5.74, 6) is 1.81. The molecule has 0 aliphatic heterocycles. The molecule has 0 atom stereocenters. The number of nitrogens with two attached hydrogens (primary N) is 1. The van der Waals surface area contributed by atoms with E-state index in [1.54, 1.807) is 0 Å². The molecule has 100 valence electrons. The summed E-state index contributed by atoms with van der Waals surface area (Å²) in [6.07, 6.45) is 0.744. The van der Waals surface area contributed by atoms with Gasteiger partial charge < -0.3 is 15.3 Å². The van der Waals surface area contributed by atoms with E-state index in [9.17, 15) is 0 Å². The molecule has 5 heteroatoms. The summed E-state index contributed by atoms with van der Waals surface area (Å²) in [4.78, 5) is 5.07. The van der Waals surface area contributed by atoms with Crippen LogP contribution in [0.25, 0.3) is 0 Å². The zero-order valence-electron chi connectivity index (χ0n) is 10.7. The topological polar surface area (TPSA) is 56.8 Å². The third kappa shape index (κ3) is 6.49. The highest BCUT2D eigenvalue weighted by Crippen LogP contribution is 2.15. The first kappa shape index (κ1) is 14.8. The minimum atomic E-state index is 0.384. The molecule has 18 heavy (non-hydrogen) atoms. The summed E-state index contributed by atoms with van der Waals surface area (Å²) < 4.78 is 6.49. The third-order valence-electron chi connectivity index (χ3n) is 2.06. The number of nitrogens with zero attached hydrogens (tertiary/aromatic N) is 1. The van der Waals surface area contributed by atoms with Crippen LogP contribution in [0.3, 0.4) is 0 Å². The zero-order valence-corrected chi connectivity index (χ0v) is 12.3. The Morgan fingerprint density at radius 1 is 1.28 bits per heavy atom. The molecule has 0 aromatic heterocycles. The maximum absolute atomic E-state index is 5.66. The number of benzene rings is 1. The van der Waals surface area contributed by atoms with Gasteiger partial charge >= 0.3 is 0 Å². The summed E-state index contributed by atoms with van der Waals surface area (Å²) in [5, 5.41) is 3.82. The van der Waals surface area contributed by atoms with Crippen molar-refractivity contribution in [2.24, 2.45) is 16.8 Å². The maximum Gasteiger partial charge on any atom is 0.151 e. The van der Waals surface area contributed by atoms with E-state index in [2.05, 4.69) is 34.9 Å².